The summed E-state index contributed by atoms with van der Waals surface area (Å²) in [5, 5.41) is 0. The summed E-state index contributed by atoms with van der Waals surface area (Å²) in [4.78, 5) is 0. The van der Waals surface area contributed by atoms with Gasteiger partial charge in [0.25, 0.3) is 0 Å². The van der Waals surface area contributed by atoms with Crippen LogP contribution in [-0.4, -0.2) is 112 Å². The van der Waals surface area contributed by atoms with Gasteiger partial charge in [-0.3, -0.25) is 0 Å². The van der Waals surface area contributed by atoms with Crippen molar-refractivity contribution in [3.63, 3.8) is 0 Å². The molecule has 0 aromatic rings. The summed E-state index contributed by atoms with van der Waals surface area (Å²) < 4.78 is 292. The molecule has 44 heavy (non-hydrogen) atoms. The first-order valence-corrected chi connectivity index (χ1v) is 10.9. The maximum atomic E-state index is 13.7. The summed E-state index contributed by atoms with van der Waals surface area (Å²) in [5.74, 6) is -44.6. The molecule has 2 saturated heterocycles. The third-order valence-electron chi connectivity index (χ3n) is 5.27. The van der Waals surface area contributed by atoms with Crippen LogP contribution in [0.5, 0.6) is 0 Å². The summed E-state index contributed by atoms with van der Waals surface area (Å²) in [5.41, 5.74) is 0. The first-order chi connectivity index (χ1) is 19.3. The van der Waals surface area contributed by atoms with Crippen molar-refractivity contribution in [3.8, 4) is 0 Å². The number of rotatable bonds is 19. The molecule has 0 aromatic heterocycles. The molecule has 2 rings (SSSR count). The van der Waals surface area contributed by atoms with Gasteiger partial charge in [-0.25, -0.2) is 9.47 Å². The van der Waals surface area contributed by atoms with Gasteiger partial charge in [0.2, 0.25) is 0 Å². The third-order valence-corrected chi connectivity index (χ3v) is 5.27. The first-order valence-electron chi connectivity index (χ1n) is 10.9. The molecule has 0 aromatic carbocycles. The highest BCUT2D eigenvalue weighted by atomic mass is 19.4. The Bertz CT molecular complexity index is 918. The van der Waals surface area contributed by atoms with E-state index >= 15 is 0 Å². The normalized spacial score (nSPS) is 21.5. The average molecular weight is 706 g/mol. The number of hydrogen-bond donors (Lipinski definition) is 0. The highest BCUT2D eigenvalue weighted by Gasteiger charge is 2.88. The van der Waals surface area contributed by atoms with Crippen molar-refractivity contribution in [3.05, 3.63) is 0 Å². The predicted octanol–water partition coefficient (Wildman–Crippen LogP) is 6.03. The van der Waals surface area contributed by atoms with Gasteiger partial charge in [0, 0.05) is 0 Å². The van der Waals surface area contributed by atoms with Crippen molar-refractivity contribution in [1.82, 2.24) is 0 Å². The molecule has 2 fully saturated rings. The quantitative estimate of drug-likeness (QED) is 0.121. The summed E-state index contributed by atoms with van der Waals surface area (Å²) in [6, 6.07) is 0. The number of halogens is 20. The molecule has 0 N–H and O–H groups in total. The Morgan fingerprint density at radius 1 is 0.409 bits per heavy atom. The van der Waals surface area contributed by atoms with E-state index in [2.05, 4.69) is 18.9 Å². The molecule has 0 spiro atoms. The highest BCUT2D eigenvalue weighted by Crippen LogP contribution is 2.59. The lowest BCUT2D eigenvalue weighted by Crippen LogP contribution is -2.69. The first kappa shape index (κ1) is 38.5. The summed E-state index contributed by atoms with van der Waals surface area (Å²) in [6.07, 6.45) is -33.8. The van der Waals surface area contributed by atoms with E-state index in [9.17, 15) is 87.8 Å². The fraction of sp³-hybridized carbons (Fsp3) is 1.00. The number of ether oxygens (including phenoxy) is 6. The Balaban J connectivity index is 2.28. The van der Waals surface area contributed by atoms with Gasteiger partial charge in [-0.05, 0) is 0 Å². The van der Waals surface area contributed by atoms with Gasteiger partial charge in [-0.15, -0.1) is 0 Å². The largest absolute Gasteiger partial charge is 0.430 e. The molecule has 2 aliphatic heterocycles. The van der Waals surface area contributed by atoms with E-state index in [4.69, 9.17) is 0 Å². The molecule has 6 nitrogen and oxygen atoms in total. The van der Waals surface area contributed by atoms with Crippen molar-refractivity contribution in [2.45, 2.75) is 72.2 Å². The Labute approximate surface area is 229 Å². The Morgan fingerprint density at radius 3 is 0.864 bits per heavy atom. The van der Waals surface area contributed by atoms with E-state index < -0.39 is 98.6 Å². The smallest absolute Gasteiger partial charge is 0.372 e. The molecule has 262 valence electrons. The standard InChI is InChI=1S/C18H14F20O6/c19-9(20,5-39-1-7-3-41-7)11(23,24)15(31,32)43-17(35,36)13(27,28)14(29,30)18(37,38)44-16(33,34)12(25,26)10(21,22)6-40-2-8-4-42-8/h7-8H,1-6H2/t7-,8-/m1/s1. The molecular weight excluding hydrogens is 692 g/mol. The van der Waals surface area contributed by atoms with E-state index in [1.165, 1.54) is 9.47 Å². The van der Waals surface area contributed by atoms with Crippen LogP contribution in [0.15, 0.2) is 0 Å². The van der Waals surface area contributed by atoms with Crippen LogP contribution in [0.3, 0.4) is 0 Å². The molecule has 2 heterocycles. The van der Waals surface area contributed by atoms with Crippen LogP contribution in [0, 0.1) is 0 Å². The van der Waals surface area contributed by atoms with Crippen LogP contribution in [0.1, 0.15) is 0 Å². The van der Waals surface area contributed by atoms with E-state index in [1.54, 1.807) is 0 Å². The van der Waals surface area contributed by atoms with Crippen LogP contribution in [0.4, 0.5) is 87.8 Å². The van der Waals surface area contributed by atoms with Crippen LogP contribution in [-0.2, 0) is 28.4 Å². The highest BCUT2D eigenvalue weighted by molar-refractivity contribution is 5.01. The van der Waals surface area contributed by atoms with Gasteiger partial charge >= 0.3 is 60.0 Å². The monoisotopic (exact) mass is 706 g/mol. The van der Waals surface area contributed by atoms with Gasteiger partial charge in [0.1, 0.15) is 25.4 Å². The maximum Gasteiger partial charge on any atom is 0.430 e. The lowest BCUT2D eigenvalue weighted by Gasteiger charge is -2.40. The molecule has 0 aliphatic carbocycles. The van der Waals surface area contributed by atoms with Crippen molar-refractivity contribution in [2.24, 2.45) is 0 Å². The Hall–Kier alpha value is -1.64. The van der Waals surface area contributed by atoms with Crippen molar-refractivity contribution in [2.75, 3.05) is 39.6 Å². The van der Waals surface area contributed by atoms with Gasteiger partial charge in [0.15, 0.2) is 0 Å². The Kier molecular flexibility index (Phi) is 10.1. The number of epoxide rings is 2. The molecule has 0 amide bonds. The van der Waals surface area contributed by atoms with Crippen LogP contribution >= 0.6 is 0 Å². The molecule has 0 radical (unpaired) electrons. The van der Waals surface area contributed by atoms with Gasteiger partial charge in [-0.2, -0.15) is 87.8 Å². The Morgan fingerprint density at radius 2 is 0.636 bits per heavy atom. The average Bonchev–Trinajstić information content (AvgIpc) is 3.73. The second-order valence-electron chi connectivity index (χ2n) is 8.92. The zero-order valence-electron chi connectivity index (χ0n) is 20.4. The predicted molar refractivity (Wildman–Crippen MR) is 92.8 cm³/mol. The van der Waals surface area contributed by atoms with Gasteiger partial charge in [0.05, 0.1) is 26.4 Å². The molecule has 2 aliphatic rings. The minimum absolute atomic E-state index is 0.207. The SMILES string of the molecule is FC(F)(COC[C@@H]1CO1)C(F)(F)C(F)(F)OC(F)(F)C(F)(F)C(F)(F)C(F)(F)OC(F)(F)C(F)(F)C(F)(F)COC[C@@H]1CO1. The van der Waals surface area contributed by atoms with Crippen molar-refractivity contribution < 1.29 is 116 Å². The summed E-state index contributed by atoms with van der Waals surface area (Å²) in [7, 11) is 0. The van der Waals surface area contributed by atoms with E-state index in [1.807, 2.05) is 0 Å². The van der Waals surface area contributed by atoms with Crippen LogP contribution < -0.4 is 0 Å². The van der Waals surface area contributed by atoms with E-state index in [-0.39, 0.29) is 13.2 Å². The van der Waals surface area contributed by atoms with Crippen LogP contribution in [0.25, 0.3) is 0 Å². The lowest BCUT2D eigenvalue weighted by molar-refractivity contribution is -0.539. The molecule has 0 unspecified atom stereocenters. The number of hydrogen-bond acceptors (Lipinski definition) is 6. The van der Waals surface area contributed by atoms with Crippen molar-refractivity contribution >= 4 is 0 Å². The molecule has 26 heteroatoms. The van der Waals surface area contributed by atoms with Gasteiger partial charge < -0.3 is 18.9 Å². The second-order valence-corrected chi connectivity index (χ2v) is 8.92. The van der Waals surface area contributed by atoms with Gasteiger partial charge in [-0.1, -0.05) is 0 Å². The topological polar surface area (TPSA) is 62.0 Å². The fourth-order valence-corrected chi connectivity index (χ4v) is 2.52. The molecular formula is C18H14F20O6. The molecule has 0 saturated carbocycles. The summed E-state index contributed by atoms with van der Waals surface area (Å²) >= 11 is 0. The van der Waals surface area contributed by atoms with Crippen molar-refractivity contribution in [1.29, 1.82) is 0 Å². The fourth-order valence-electron chi connectivity index (χ4n) is 2.52. The number of alkyl halides is 20. The summed E-state index contributed by atoms with van der Waals surface area (Å²) in [6.45, 7) is -8.08. The molecule has 2 atom stereocenters. The minimum atomic E-state index is -8.53. The molecule has 0 bridgehead atoms. The van der Waals surface area contributed by atoms with E-state index in [0.717, 1.165) is 0 Å². The second kappa shape index (κ2) is 11.6. The lowest BCUT2D eigenvalue weighted by atomic mass is 10.1. The maximum absolute atomic E-state index is 13.7. The minimum Gasteiger partial charge on any atom is -0.372 e. The zero-order valence-corrected chi connectivity index (χ0v) is 20.4. The van der Waals surface area contributed by atoms with Crippen LogP contribution in [0.2, 0.25) is 0 Å². The zero-order chi connectivity index (χ0) is 34.6. The third kappa shape index (κ3) is 7.17. The van der Waals surface area contributed by atoms with E-state index in [0.29, 0.717) is 0 Å².